The molecule has 2 N–H and O–H groups in total. The van der Waals surface area contributed by atoms with E-state index in [2.05, 4.69) is 59.1 Å². The summed E-state index contributed by atoms with van der Waals surface area (Å²) < 4.78 is 7.13. The zero-order valence-electron chi connectivity index (χ0n) is 17.1. The summed E-state index contributed by atoms with van der Waals surface area (Å²) in [7, 11) is 1.68. The van der Waals surface area contributed by atoms with Gasteiger partial charge in [-0.1, -0.05) is 36.4 Å². The van der Waals surface area contributed by atoms with Crippen molar-refractivity contribution in [3.63, 3.8) is 0 Å². The molecule has 2 aromatic carbocycles. The van der Waals surface area contributed by atoms with Gasteiger partial charge in [0.05, 0.1) is 20.2 Å². The molecule has 152 valence electrons. The van der Waals surface area contributed by atoms with Gasteiger partial charge in [0.25, 0.3) is 0 Å². The fraction of sp³-hybridized carbons (Fsp3) is 0.304. The van der Waals surface area contributed by atoms with E-state index in [4.69, 9.17) is 9.73 Å². The van der Waals surface area contributed by atoms with Gasteiger partial charge in [-0.3, -0.25) is 4.68 Å². The Kier molecular flexibility index (Phi) is 7.69. The first-order valence-electron chi connectivity index (χ1n) is 9.97. The largest absolute Gasteiger partial charge is 0.497 e. The lowest BCUT2D eigenvalue weighted by Gasteiger charge is -2.12. The van der Waals surface area contributed by atoms with E-state index in [0.29, 0.717) is 6.54 Å². The molecule has 0 atom stereocenters. The standard InChI is InChI=1S/C23H29N5O/c1-3-24-23(25-14-12-19-8-10-22(29-2)11-9-19)26-17-20-6-4-7-21(16-20)18-28-15-5-13-27-28/h4-11,13,15-16H,3,12,14,17-18H2,1-2H3,(H2,24,25,26). The minimum atomic E-state index is 0.630. The van der Waals surface area contributed by atoms with Gasteiger partial charge in [0.15, 0.2) is 5.96 Å². The molecule has 0 bridgehead atoms. The van der Waals surface area contributed by atoms with Crippen molar-refractivity contribution >= 4 is 5.96 Å². The van der Waals surface area contributed by atoms with Gasteiger partial charge >= 0.3 is 0 Å². The number of rotatable bonds is 9. The van der Waals surface area contributed by atoms with E-state index < -0.39 is 0 Å². The van der Waals surface area contributed by atoms with E-state index in [1.54, 1.807) is 13.3 Å². The molecule has 0 aliphatic rings. The lowest BCUT2D eigenvalue weighted by Crippen LogP contribution is -2.38. The van der Waals surface area contributed by atoms with Gasteiger partial charge in [-0.05, 0) is 48.2 Å². The average Bonchev–Trinajstić information content (AvgIpc) is 3.26. The predicted octanol–water partition coefficient (Wildman–Crippen LogP) is 3.24. The second-order valence-corrected chi connectivity index (χ2v) is 6.74. The molecule has 0 aliphatic carbocycles. The molecule has 0 amide bonds. The summed E-state index contributed by atoms with van der Waals surface area (Å²) in [4.78, 5) is 4.73. The van der Waals surface area contributed by atoms with Gasteiger partial charge in [0.1, 0.15) is 5.75 Å². The van der Waals surface area contributed by atoms with Crippen LogP contribution in [0, 0.1) is 0 Å². The van der Waals surface area contributed by atoms with Crippen molar-refractivity contribution in [3.8, 4) is 5.75 Å². The lowest BCUT2D eigenvalue weighted by molar-refractivity contribution is 0.414. The highest BCUT2D eigenvalue weighted by Crippen LogP contribution is 2.11. The Balaban J connectivity index is 1.54. The van der Waals surface area contributed by atoms with Crippen LogP contribution in [0.15, 0.2) is 72.0 Å². The highest BCUT2D eigenvalue weighted by Gasteiger charge is 2.01. The van der Waals surface area contributed by atoms with Crippen molar-refractivity contribution in [1.29, 1.82) is 0 Å². The van der Waals surface area contributed by atoms with Crippen LogP contribution in [0.1, 0.15) is 23.6 Å². The summed E-state index contributed by atoms with van der Waals surface area (Å²) in [5, 5.41) is 11.0. The van der Waals surface area contributed by atoms with Crippen LogP contribution < -0.4 is 15.4 Å². The zero-order valence-corrected chi connectivity index (χ0v) is 17.1. The van der Waals surface area contributed by atoms with E-state index in [0.717, 1.165) is 37.8 Å². The number of hydrogen-bond acceptors (Lipinski definition) is 3. The van der Waals surface area contributed by atoms with Crippen molar-refractivity contribution in [1.82, 2.24) is 20.4 Å². The Bertz CT molecular complexity index is 888. The maximum atomic E-state index is 5.21. The summed E-state index contributed by atoms with van der Waals surface area (Å²) in [5.41, 5.74) is 3.67. The number of benzene rings is 2. The highest BCUT2D eigenvalue weighted by molar-refractivity contribution is 5.79. The molecule has 29 heavy (non-hydrogen) atoms. The van der Waals surface area contributed by atoms with Gasteiger partial charge in [0, 0.05) is 25.5 Å². The summed E-state index contributed by atoms with van der Waals surface area (Å²) >= 11 is 0. The van der Waals surface area contributed by atoms with Crippen molar-refractivity contribution in [3.05, 3.63) is 83.7 Å². The predicted molar refractivity (Wildman–Crippen MR) is 117 cm³/mol. The first-order valence-corrected chi connectivity index (χ1v) is 9.97. The zero-order chi connectivity index (χ0) is 20.3. The Morgan fingerprint density at radius 2 is 1.86 bits per heavy atom. The molecule has 0 unspecified atom stereocenters. The first-order chi connectivity index (χ1) is 14.3. The average molecular weight is 392 g/mol. The molecule has 0 saturated carbocycles. The van der Waals surface area contributed by atoms with Crippen LogP contribution in [0.3, 0.4) is 0 Å². The third kappa shape index (κ3) is 6.68. The third-order valence-corrected chi connectivity index (χ3v) is 4.52. The number of nitrogens with zero attached hydrogens (tertiary/aromatic N) is 3. The molecular formula is C23H29N5O. The minimum Gasteiger partial charge on any atom is -0.497 e. The molecule has 1 heterocycles. The van der Waals surface area contributed by atoms with Crippen LogP contribution in [0.2, 0.25) is 0 Å². The van der Waals surface area contributed by atoms with Gasteiger partial charge in [-0.2, -0.15) is 5.10 Å². The molecule has 3 rings (SSSR count). The fourth-order valence-electron chi connectivity index (χ4n) is 3.04. The van der Waals surface area contributed by atoms with E-state index in [9.17, 15) is 0 Å². The quantitative estimate of drug-likeness (QED) is 0.434. The van der Waals surface area contributed by atoms with Crippen LogP contribution in [-0.2, 0) is 19.5 Å². The van der Waals surface area contributed by atoms with Crippen LogP contribution in [-0.4, -0.2) is 35.9 Å². The smallest absolute Gasteiger partial charge is 0.191 e. The normalized spacial score (nSPS) is 11.3. The molecule has 3 aromatic rings. The summed E-state index contributed by atoms with van der Waals surface area (Å²) in [6.07, 6.45) is 4.70. The molecule has 0 fully saturated rings. The number of hydrogen-bond donors (Lipinski definition) is 2. The molecule has 0 spiro atoms. The first kappa shape index (κ1) is 20.5. The van der Waals surface area contributed by atoms with Gasteiger partial charge in [-0.15, -0.1) is 0 Å². The van der Waals surface area contributed by atoms with E-state index >= 15 is 0 Å². The van der Waals surface area contributed by atoms with E-state index in [1.165, 1.54) is 16.7 Å². The van der Waals surface area contributed by atoms with Gasteiger partial charge in [-0.25, -0.2) is 4.99 Å². The fourth-order valence-corrected chi connectivity index (χ4v) is 3.04. The molecular weight excluding hydrogens is 362 g/mol. The minimum absolute atomic E-state index is 0.630. The molecule has 0 aliphatic heterocycles. The van der Waals surface area contributed by atoms with Crippen LogP contribution in [0.5, 0.6) is 5.75 Å². The van der Waals surface area contributed by atoms with Gasteiger partial charge in [0.2, 0.25) is 0 Å². The van der Waals surface area contributed by atoms with Crippen LogP contribution in [0.25, 0.3) is 0 Å². The van der Waals surface area contributed by atoms with E-state index in [1.807, 2.05) is 29.1 Å². The Labute approximate surface area is 172 Å². The van der Waals surface area contributed by atoms with Crippen LogP contribution in [0.4, 0.5) is 0 Å². The summed E-state index contributed by atoms with van der Waals surface area (Å²) in [5.74, 6) is 1.71. The summed E-state index contributed by atoms with van der Waals surface area (Å²) in [6.45, 7) is 5.12. The topological polar surface area (TPSA) is 63.5 Å². The maximum Gasteiger partial charge on any atom is 0.191 e. The number of guanidine groups is 1. The number of aliphatic imine (C=N–C) groups is 1. The molecule has 0 radical (unpaired) electrons. The van der Waals surface area contributed by atoms with Crippen molar-refractivity contribution in [2.75, 3.05) is 20.2 Å². The van der Waals surface area contributed by atoms with E-state index in [-0.39, 0.29) is 0 Å². The highest BCUT2D eigenvalue weighted by atomic mass is 16.5. The van der Waals surface area contributed by atoms with Crippen LogP contribution >= 0.6 is 0 Å². The van der Waals surface area contributed by atoms with Crippen molar-refractivity contribution < 1.29 is 4.74 Å². The molecule has 1 aromatic heterocycles. The lowest BCUT2D eigenvalue weighted by atomic mass is 10.1. The number of ether oxygens (including phenoxy) is 1. The maximum absolute atomic E-state index is 5.21. The Morgan fingerprint density at radius 1 is 1.03 bits per heavy atom. The van der Waals surface area contributed by atoms with Crippen molar-refractivity contribution in [2.24, 2.45) is 4.99 Å². The third-order valence-electron chi connectivity index (χ3n) is 4.52. The Hall–Kier alpha value is -3.28. The summed E-state index contributed by atoms with van der Waals surface area (Å²) in [6, 6.07) is 18.6. The van der Waals surface area contributed by atoms with Gasteiger partial charge < -0.3 is 15.4 Å². The number of methoxy groups -OCH3 is 1. The second kappa shape index (κ2) is 10.9. The molecule has 6 nitrogen and oxygen atoms in total. The second-order valence-electron chi connectivity index (χ2n) is 6.74. The molecule has 6 heteroatoms. The van der Waals surface area contributed by atoms with Crippen molar-refractivity contribution in [2.45, 2.75) is 26.4 Å². The Morgan fingerprint density at radius 3 is 2.59 bits per heavy atom. The monoisotopic (exact) mass is 391 g/mol. The number of aromatic nitrogens is 2. The SMILES string of the molecule is CCNC(=NCc1cccc(Cn2cccn2)c1)NCCc1ccc(OC)cc1. The number of nitrogens with one attached hydrogen (secondary N) is 2. The molecule has 0 saturated heterocycles.